The normalized spacial score (nSPS) is 14.6. The highest BCUT2D eigenvalue weighted by Gasteiger charge is 2.34. The summed E-state index contributed by atoms with van der Waals surface area (Å²) in [5.74, 6) is 0. The average Bonchev–Trinajstić information content (AvgIpc) is 3.89. The van der Waals surface area contributed by atoms with Gasteiger partial charge in [0, 0.05) is 55.3 Å². The van der Waals surface area contributed by atoms with Gasteiger partial charge in [0.05, 0.1) is 27.6 Å². The lowest BCUT2D eigenvalue weighted by molar-refractivity contribution is 0.860. The molecule has 3 aliphatic rings. The van der Waals surface area contributed by atoms with Crippen molar-refractivity contribution < 1.29 is 0 Å². The Bertz CT molecular complexity index is 3240. The number of aryl methyl sites for hydroxylation is 4. The van der Waals surface area contributed by atoms with E-state index in [0.717, 1.165) is 38.5 Å². The van der Waals surface area contributed by atoms with Crippen LogP contribution in [0.25, 0.3) is 88.8 Å². The molecule has 3 nitrogen and oxygen atoms in total. The third-order valence-corrected chi connectivity index (χ3v) is 13.1. The Labute approximate surface area is 319 Å². The molecule has 0 saturated heterocycles. The largest absolute Gasteiger partial charge is 0.313 e. The van der Waals surface area contributed by atoms with Crippen molar-refractivity contribution in [3.63, 3.8) is 0 Å². The minimum atomic E-state index is 0.989. The van der Waals surface area contributed by atoms with Gasteiger partial charge in [0.1, 0.15) is 0 Å². The van der Waals surface area contributed by atoms with Crippen LogP contribution in [-0.4, -0.2) is 13.7 Å². The Morgan fingerprint density at radius 1 is 0.364 bits per heavy atom. The Kier molecular flexibility index (Phi) is 5.96. The van der Waals surface area contributed by atoms with Crippen LogP contribution in [-0.2, 0) is 32.1 Å². The van der Waals surface area contributed by atoms with E-state index in [9.17, 15) is 0 Å². The molecule has 13 rings (SSSR count). The van der Waals surface area contributed by atoms with Gasteiger partial charge in [-0.1, -0.05) is 91.0 Å². The summed E-state index contributed by atoms with van der Waals surface area (Å²) in [5.41, 5.74) is 22.5. The number of rotatable bonds is 3. The summed E-state index contributed by atoms with van der Waals surface area (Å²) < 4.78 is 7.74. The maximum Gasteiger partial charge on any atom is 0.0579 e. The molecule has 0 atom stereocenters. The number of benzene rings is 7. The third-order valence-electron chi connectivity index (χ3n) is 13.1. The van der Waals surface area contributed by atoms with Crippen LogP contribution in [0.15, 0.2) is 146 Å². The average molecular weight is 704 g/mol. The molecule has 7 aromatic carbocycles. The monoisotopic (exact) mass is 703 g/mol. The van der Waals surface area contributed by atoms with Crippen molar-refractivity contribution in [2.24, 2.45) is 0 Å². The first-order valence-electron chi connectivity index (χ1n) is 19.9. The summed E-state index contributed by atoms with van der Waals surface area (Å²) in [6.45, 7) is 0. The number of hydrogen-bond acceptors (Lipinski definition) is 0. The molecule has 55 heavy (non-hydrogen) atoms. The van der Waals surface area contributed by atoms with E-state index >= 15 is 0 Å². The van der Waals surface area contributed by atoms with Crippen molar-refractivity contribution in [3.05, 3.63) is 179 Å². The van der Waals surface area contributed by atoms with Crippen LogP contribution in [0, 0.1) is 0 Å². The first-order valence-corrected chi connectivity index (χ1v) is 19.9. The highest BCUT2D eigenvalue weighted by molar-refractivity contribution is 6.14. The van der Waals surface area contributed by atoms with Crippen LogP contribution in [0.2, 0.25) is 0 Å². The van der Waals surface area contributed by atoms with Crippen LogP contribution in [0.5, 0.6) is 0 Å². The lowest BCUT2D eigenvalue weighted by Gasteiger charge is -2.31. The Morgan fingerprint density at radius 3 is 1.44 bits per heavy atom. The summed E-state index contributed by atoms with van der Waals surface area (Å²) in [6, 6.07) is 54.2. The van der Waals surface area contributed by atoms with E-state index in [4.69, 9.17) is 0 Å². The molecule has 0 N–H and O–H groups in total. The molecule has 0 aliphatic heterocycles. The number of para-hydroxylation sites is 5. The first-order chi connectivity index (χ1) is 27.3. The van der Waals surface area contributed by atoms with Gasteiger partial charge in [-0.3, -0.25) is 0 Å². The molecule has 3 heterocycles. The van der Waals surface area contributed by atoms with Gasteiger partial charge in [-0.2, -0.15) is 0 Å². The van der Waals surface area contributed by atoms with Gasteiger partial charge >= 0.3 is 0 Å². The Morgan fingerprint density at radius 2 is 0.836 bits per heavy atom. The lowest BCUT2D eigenvalue weighted by Crippen LogP contribution is -2.16. The molecular weight excluding hydrogens is 667 g/mol. The summed E-state index contributed by atoms with van der Waals surface area (Å²) in [5, 5.41) is 6.81. The maximum atomic E-state index is 2.65. The molecule has 3 heteroatoms. The van der Waals surface area contributed by atoms with E-state index in [1.54, 1.807) is 0 Å². The van der Waals surface area contributed by atoms with Gasteiger partial charge in [0.15, 0.2) is 0 Å². The molecule has 0 saturated carbocycles. The number of hydrogen-bond donors (Lipinski definition) is 0. The molecule has 10 aromatic rings. The van der Waals surface area contributed by atoms with Gasteiger partial charge in [-0.15, -0.1) is 0 Å². The van der Waals surface area contributed by atoms with E-state index in [-0.39, 0.29) is 0 Å². The summed E-state index contributed by atoms with van der Waals surface area (Å²) in [7, 11) is 0. The first kappa shape index (κ1) is 29.8. The second-order valence-electron chi connectivity index (χ2n) is 15.8. The van der Waals surface area contributed by atoms with Gasteiger partial charge < -0.3 is 13.7 Å². The fraction of sp³-hybridized carbons (Fsp3) is 0.115. The molecule has 0 bridgehead atoms. The second kappa shape index (κ2) is 11.0. The van der Waals surface area contributed by atoms with Crippen molar-refractivity contribution in [1.82, 2.24) is 13.7 Å². The quantitative estimate of drug-likeness (QED) is 0.174. The van der Waals surface area contributed by atoms with Gasteiger partial charge in [0.2, 0.25) is 0 Å². The molecule has 0 radical (unpaired) electrons. The molecular formula is C52H37N3. The second-order valence-corrected chi connectivity index (χ2v) is 15.8. The number of aromatic nitrogens is 3. The standard InChI is InChI=1S/C52H37N3/c1-3-13-34(14-4-1)54-47-22-12-9-19-39(47)43-29-32-23-24-33-30-44-42-31-36(53-45-20-10-7-17-37(45)38-18-8-11-21-46(38)53)25-28-48(42)55(35-15-5-2-6-16-35)52(44)41-27-26-40(51(43)54)49(32)50(33)41/h1-22,29-31H,23-28H2. The minimum absolute atomic E-state index is 0.989. The minimum Gasteiger partial charge on any atom is -0.313 e. The Balaban J connectivity index is 1.11. The van der Waals surface area contributed by atoms with E-state index in [2.05, 4.69) is 165 Å². The van der Waals surface area contributed by atoms with Crippen molar-refractivity contribution in [1.29, 1.82) is 0 Å². The predicted molar refractivity (Wildman–Crippen MR) is 230 cm³/mol. The van der Waals surface area contributed by atoms with Crippen LogP contribution in [0.3, 0.4) is 0 Å². The van der Waals surface area contributed by atoms with E-state index in [1.165, 1.54) is 116 Å². The van der Waals surface area contributed by atoms with Crippen LogP contribution < -0.4 is 0 Å². The van der Waals surface area contributed by atoms with E-state index < -0.39 is 0 Å². The number of fused-ring (bicyclic) bond motifs is 11. The van der Waals surface area contributed by atoms with Crippen molar-refractivity contribution in [2.45, 2.75) is 38.5 Å². The lowest BCUT2D eigenvalue weighted by atomic mass is 9.73. The highest BCUT2D eigenvalue weighted by atomic mass is 15.0. The van der Waals surface area contributed by atoms with Crippen LogP contribution in [0.4, 0.5) is 0 Å². The zero-order chi connectivity index (χ0) is 35.8. The van der Waals surface area contributed by atoms with Crippen LogP contribution in [0.1, 0.15) is 39.9 Å². The molecule has 0 unspecified atom stereocenters. The fourth-order valence-electron chi connectivity index (χ4n) is 11.0. The zero-order valence-electron chi connectivity index (χ0n) is 30.5. The predicted octanol–water partition coefficient (Wildman–Crippen LogP) is 12.6. The van der Waals surface area contributed by atoms with Gasteiger partial charge in [-0.05, 0) is 133 Å². The third kappa shape index (κ3) is 3.95. The van der Waals surface area contributed by atoms with Crippen molar-refractivity contribution in [3.8, 4) is 22.5 Å². The van der Waals surface area contributed by atoms with Crippen molar-refractivity contribution >= 4 is 66.3 Å². The van der Waals surface area contributed by atoms with E-state index in [0.29, 0.717) is 0 Å². The SMILES string of the molecule is C1=C(n2c3ccccc3c3ccccc32)CCc2c1c1cc3c4c(c1n2-c1ccccc1)CCc1c-4c(cc2c4ccccc4n(-c4ccccc4)c12)CC3. The smallest absolute Gasteiger partial charge is 0.0579 e. The fourth-order valence-corrected chi connectivity index (χ4v) is 11.0. The number of allylic oxidation sites excluding steroid dienone is 1. The molecule has 3 aromatic heterocycles. The Hall–Kier alpha value is -6.58. The molecule has 0 fully saturated rings. The van der Waals surface area contributed by atoms with E-state index in [1.807, 2.05) is 0 Å². The van der Waals surface area contributed by atoms with Gasteiger partial charge in [0.25, 0.3) is 0 Å². The molecule has 260 valence electrons. The van der Waals surface area contributed by atoms with Crippen molar-refractivity contribution in [2.75, 3.05) is 0 Å². The highest BCUT2D eigenvalue weighted by Crippen LogP contribution is 2.52. The van der Waals surface area contributed by atoms with Gasteiger partial charge in [-0.25, -0.2) is 0 Å². The van der Waals surface area contributed by atoms with Crippen LogP contribution >= 0.6 is 0 Å². The maximum absolute atomic E-state index is 2.65. The summed E-state index contributed by atoms with van der Waals surface area (Å²) >= 11 is 0. The summed E-state index contributed by atoms with van der Waals surface area (Å²) in [6.07, 6.45) is 8.74. The molecule has 0 amide bonds. The molecule has 3 aliphatic carbocycles. The topological polar surface area (TPSA) is 14.8 Å². The summed E-state index contributed by atoms with van der Waals surface area (Å²) in [4.78, 5) is 0. The number of nitrogens with zero attached hydrogens (tertiary/aromatic N) is 3. The molecule has 0 spiro atoms. The zero-order valence-corrected chi connectivity index (χ0v) is 30.5.